The Morgan fingerprint density at radius 2 is 1.94 bits per heavy atom. The second kappa shape index (κ2) is 9.77. The fourth-order valence-electron chi connectivity index (χ4n) is 4.06. The Kier molecular flexibility index (Phi) is 6.84. The van der Waals surface area contributed by atoms with Crippen LogP contribution in [0.2, 0.25) is 0 Å². The summed E-state index contributed by atoms with van der Waals surface area (Å²) in [6.45, 7) is 9.80. The number of hydrogen-bond acceptors (Lipinski definition) is 6. The van der Waals surface area contributed by atoms with Crippen molar-refractivity contribution in [3.63, 3.8) is 0 Å². The summed E-state index contributed by atoms with van der Waals surface area (Å²) in [5, 5.41) is 2.91. The Morgan fingerprint density at radius 3 is 2.66 bits per heavy atom. The van der Waals surface area contributed by atoms with E-state index in [0.29, 0.717) is 30.7 Å². The van der Waals surface area contributed by atoms with Crippen molar-refractivity contribution in [2.45, 2.75) is 51.9 Å². The summed E-state index contributed by atoms with van der Waals surface area (Å²) >= 11 is 0. The van der Waals surface area contributed by atoms with Gasteiger partial charge in [-0.25, -0.2) is 9.78 Å². The van der Waals surface area contributed by atoms with E-state index in [1.165, 1.54) is 5.56 Å². The number of aromatic nitrogens is 1. The molecule has 1 atom stereocenters. The lowest BCUT2D eigenvalue weighted by molar-refractivity contribution is 0.0509. The van der Waals surface area contributed by atoms with Gasteiger partial charge < -0.3 is 19.5 Å². The predicted molar refractivity (Wildman–Crippen MR) is 122 cm³/mol. The van der Waals surface area contributed by atoms with E-state index in [1.54, 1.807) is 6.20 Å². The van der Waals surface area contributed by atoms with Crippen molar-refractivity contribution in [3.05, 3.63) is 53.7 Å². The Hall–Kier alpha value is -2.80. The lowest BCUT2D eigenvalue weighted by atomic mass is 9.96. The zero-order valence-electron chi connectivity index (χ0n) is 19.2. The van der Waals surface area contributed by atoms with Crippen LogP contribution in [-0.4, -0.2) is 47.8 Å². The number of pyridine rings is 1. The van der Waals surface area contributed by atoms with Crippen LogP contribution in [0.15, 0.2) is 42.6 Å². The molecule has 1 amide bonds. The minimum atomic E-state index is -0.458. The van der Waals surface area contributed by atoms with Gasteiger partial charge in [0.2, 0.25) is 0 Å². The molecule has 32 heavy (non-hydrogen) atoms. The largest absolute Gasteiger partial charge is 0.484 e. The van der Waals surface area contributed by atoms with Gasteiger partial charge >= 0.3 is 6.09 Å². The van der Waals surface area contributed by atoms with E-state index in [0.717, 1.165) is 38.0 Å². The van der Waals surface area contributed by atoms with Crippen molar-refractivity contribution in [1.29, 1.82) is 0 Å². The lowest BCUT2D eigenvalue weighted by Crippen LogP contribution is -2.40. The van der Waals surface area contributed by atoms with E-state index in [4.69, 9.17) is 14.2 Å². The number of rotatable bonds is 5. The summed E-state index contributed by atoms with van der Waals surface area (Å²) in [7, 11) is 0. The first-order valence-corrected chi connectivity index (χ1v) is 11.4. The second-order valence-electron chi connectivity index (χ2n) is 9.57. The summed E-state index contributed by atoms with van der Waals surface area (Å²) in [6, 6.07) is 12.3. The molecule has 1 fully saturated rings. The third-order valence-corrected chi connectivity index (χ3v) is 5.78. The summed E-state index contributed by atoms with van der Waals surface area (Å²) < 4.78 is 17.1. The van der Waals surface area contributed by atoms with E-state index in [9.17, 15) is 4.79 Å². The molecule has 7 nitrogen and oxygen atoms in total. The number of ether oxygens (including phenoxy) is 3. The molecule has 0 bridgehead atoms. The highest BCUT2D eigenvalue weighted by atomic mass is 16.6. The van der Waals surface area contributed by atoms with Gasteiger partial charge in [0, 0.05) is 19.3 Å². The molecule has 1 N–H and O–H groups in total. The molecule has 1 unspecified atom stereocenters. The van der Waals surface area contributed by atoms with Crippen LogP contribution >= 0.6 is 0 Å². The van der Waals surface area contributed by atoms with Gasteiger partial charge in [0.05, 0.1) is 0 Å². The number of benzene rings is 1. The van der Waals surface area contributed by atoms with Crippen LogP contribution in [0.25, 0.3) is 0 Å². The summed E-state index contributed by atoms with van der Waals surface area (Å²) in [5.74, 6) is 1.75. The first-order valence-electron chi connectivity index (χ1n) is 11.4. The predicted octanol–water partition coefficient (Wildman–Crippen LogP) is 4.33. The summed E-state index contributed by atoms with van der Waals surface area (Å²) in [6.07, 6.45) is 3.40. The smallest absolute Gasteiger partial charge is 0.407 e. The molecule has 0 radical (unpaired) electrons. The number of fused-ring (bicyclic) bond motifs is 1. The van der Waals surface area contributed by atoms with E-state index in [2.05, 4.69) is 39.5 Å². The highest BCUT2D eigenvalue weighted by Gasteiger charge is 2.24. The molecule has 2 aliphatic rings. The first kappa shape index (κ1) is 22.4. The van der Waals surface area contributed by atoms with Crippen molar-refractivity contribution >= 4 is 6.09 Å². The Labute approximate surface area is 190 Å². The van der Waals surface area contributed by atoms with Crippen LogP contribution < -0.4 is 14.8 Å². The van der Waals surface area contributed by atoms with Gasteiger partial charge in [0.15, 0.2) is 11.9 Å². The van der Waals surface area contributed by atoms with Crippen molar-refractivity contribution in [3.8, 4) is 11.6 Å². The molecule has 0 aliphatic carbocycles. The minimum absolute atomic E-state index is 0.139. The third-order valence-electron chi connectivity index (χ3n) is 5.78. The number of likely N-dealkylation sites (tertiary alicyclic amines) is 1. The van der Waals surface area contributed by atoms with E-state index in [-0.39, 0.29) is 12.2 Å². The average Bonchev–Trinajstić information content (AvgIpc) is 2.78. The zero-order chi connectivity index (χ0) is 22.6. The van der Waals surface area contributed by atoms with Crippen LogP contribution in [0.3, 0.4) is 0 Å². The third kappa shape index (κ3) is 6.13. The SMILES string of the molecule is CC(C)(C)OC(=O)NCC1CCN(Cc2ccc(C3COc4cccnc4O3)cc2)CC1. The van der Waals surface area contributed by atoms with Crippen LogP contribution in [0, 0.1) is 5.92 Å². The highest BCUT2D eigenvalue weighted by molar-refractivity contribution is 5.67. The molecule has 1 aromatic heterocycles. The molecule has 172 valence electrons. The molecule has 2 aliphatic heterocycles. The van der Waals surface area contributed by atoms with Crippen molar-refractivity contribution < 1.29 is 19.0 Å². The Bertz CT molecular complexity index is 902. The number of carbonyl (C=O) groups is 1. The standard InChI is InChI=1S/C25H33N3O4/c1-25(2,3)32-24(29)27-15-18-10-13-28(14-11-18)16-19-6-8-20(9-7-19)22-17-30-21-5-4-12-26-23(21)31-22/h4-9,12,18,22H,10-11,13-17H2,1-3H3,(H,27,29). The molecule has 0 spiro atoms. The van der Waals surface area contributed by atoms with Gasteiger partial charge in [-0.3, -0.25) is 4.90 Å². The second-order valence-corrected chi connectivity index (χ2v) is 9.57. The minimum Gasteiger partial charge on any atom is -0.484 e. The van der Waals surface area contributed by atoms with Crippen LogP contribution in [0.5, 0.6) is 11.6 Å². The number of nitrogens with zero attached hydrogens (tertiary/aromatic N) is 2. The molecule has 3 heterocycles. The van der Waals surface area contributed by atoms with Gasteiger partial charge in [-0.2, -0.15) is 0 Å². The zero-order valence-corrected chi connectivity index (χ0v) is 19.2. The van der Waals surface area contributed by atoms with Crippen LogP contribution in [0.1, 0.15) is 50.8 Å². The van der Waals surface area contributed by atoms with E-state index < -0.39 is 5.60 Å². The quantitative estimate of drug-likeness (QED) is 0.748. The van der Waals surface area contributed by atoms with Crippen molar-refractivity contribution in [2.75, 3.05) is 26.2 Å². The van der Waals surface area contributed by atoms with Gasteiger partial charge in [0.1, 0.15) is 12.2 Å². The molecule has 7 heteroatoms. The van der Waals surface area contributed by atoms with Crippen molar-refractivity contribution in [2.24, 2.45) is 5.92 Å². The Balaban J connectivity index is 1.21. The lowest BCUT2D eigenvalue weighted by Gasteiger charge is -2.32. The number of amides is 1. The maximum Gasteiger partial charge on any atom is 0.407 e. The van der Waals surface area contributed by atoms with Crippen molar-refractivity contribution in [1.82, 2.24) is 15.2 Å². The summed E-state index contributed by atoms with van der Waals surface area (Å²) in [4.78, 5) is 18.6. The maximum atomic E-state index is 11.8. The van der Waals surface area contributed by atoms with Crippen LogP contribution in [-0.2, 0) is 11.3 Å². The molecular formula is C25H33N3O4. The van der Waals surface area contributed by atoms with E-state index >= 15 is 0 Å². The fourth-order valence-corrected chi connectivity index (χ4v) is 4.06. The molecule has 1 saturated heterocycles. The van der Waals surface area contributed by atoms with Gasteiger partial charge in [-0.1, -0.05) is 24.3 Å². The van der Waals surface area contributed by atoms with Gasteiger partial charge in [-0.15, -0.1) is 0 Å². The number of hydrogen-bond donors (Lipinski definition) is 1. The molecular weight excluding hydrogens is 406 g/mol. The number of carbonyl (C=O) groups excluding carboxylic acids is 1. The molecule has 4 rings (SSSR count). The summed E-state index contributed by atoms with van der Waals surface area (Å²) in [5.41, 5.74) is 1.92. The highest BCUT2D eigenvalue weighted by Crippen LogP contribution is 2.34. The molecule has 1 aromatic carbocycles. The molecule has 2 aromatic rings. The number of alkyl carbamates (subject to hydrolysis) is 1. The topological polar surface area (TPSA) is 72.9 Å². The van der Waals surface area contributed by atoms with Crippen LogP contribution in [0.4, 0.5) is 4.79 Å². The maximum absolute atomic E-state index is 11.8. The normalized spacial score (nSPS) is 19.4. The monoisotopic (exact) mass is 439 g/mol. The number of nitrogens with one attached hydrogen (secondary N) is 1. The first-order chi connectivity index (χ1) is 15.4. The van der Waals surface area contributed by atoms with Gasteiger partial charge in [0.25, 0.3) is 5.88 Å². The Morgan fingerprint density at radius 1 is 1.19 bits per heavy atom. The fraction of sp³-hybridized carbons (Fsp3) is 0.520. The molecule has 0 saturated carbocycles. The average molecular weight is 440 g/mol. The van der Waals surface area contributed by atoms with E-state index in [1.807, 2.05) is 32.9 Å². The number of piperidine rings is 1. The van der Waals surface area contributed by atoms with Gasteiger partial charge in [-0.05, 0) is 75.9 Å².